The molecule has 0 bridgehead atoms. The molecule has 2 rings (SSSR count). The van der Waals surface area contributed by atoms with E-state index in [1.54, 1.807) is 43.3 Å². The van der Waals surface area contributed by atoms with Gasteiger partial charge in [-0.15, -0.1) is 11.8 Å². The fraction of sp³-hybridized carbons (Fsp3) is 0.250. The Kier molecular flexibility index (Phi) is 7.88. The number of amides is 3. The first kappa shape index (κ1) is 21.3. The van der Waals surface area contributed by atoms with Crippen molar-refractivity contribution < 1.29 is 19.1 Å². The van der Waals surface area contributed by atoms with Gasteiger partial charge < -0.3 is 10.1 Å². The summed E-state index contributed by atoms with van der Waals surface area (Å²) in [5, 5.41) is 2.26. The average molecular weight is 401 g/mol. The molecule has 1 atom stereocenters. The maximum Gasteiger partial charge on any atom is 0.269 e. The van der Waals surface area contributed by atoms with Crippen LogP contribution in [0.4, 0.5) is 5.69 Å². The summed E-state index contributed by atoms with van der Waals surface area (Å²) in [5.74, 6) is -0.197. The van der Waals surface area contributed by atoms with E-state index in [9.17, 15) is 14.4 Å². The summed E-state index contributed by atoms with van der Waals surface area (Å²) in [7, 11) is 0. The highest BCUT2D eigenvalue weighted by molar-refractivity contribution is 8.00. The highest BCUT2D eigenvalue weighted by atomic mass is 32.2. The maximum absolute atomic E-state index is 12.2. The largest absolute Gasteiger partial charge is 0.494 e. The number of ether oxygens (including phenoxy) is 1. The van der Waals surface area contributed by atoms with E-state index in [1.165, 1.54) is 18.7 Å². The molecule has 3 N–H and O–H groups in total. The molecule has 0 saturated heterocycles. The van der Waals surface area contributed by atoms with Crippen molar-refractivity contribution >= 4 is 35.2 Å². The molecule has 0 aliphatic heterocycles. The third kappa shape index (κ3) is 6.62. The van der Waals surface area contributed by atoms with E-state index < -0.39 is 11.2 Å². The number of hydrogen-bond donors (Lipinski definition) is 3. The van der Waals surface area contributed by atoms with Gasteiger partial charge in [0.1, 0.15) is 5.75 Å². The van der Waals surface area contributed by atoms with Crippen LogP contribution in [0.2, 0.25) is 0 Å². The summed E-state index contributed by atoms with van der Waals surface area (Å²) in [6, 6.07) is 13.8. The summed E-state index contributed by atoms with van der Waals surface area (Å²) in [6.07, 6.45) is 0. The third-order valence-electron chi connectivity index (χ3n) is 3.58. The fourth-order valence-corrected chi connectivity index (χ4v) is 3.11. The molecule has 0 spiro atoms. The van der Waals surface area contributed by atoms with Crippen LogP contribution in [0.3, 0.4) is 0 Å². The Morgan fingerprint density at radius 1 is 1.00 bits per heavy atom. The lowest BCUT2D eigenvalue weighted by atomic mass is 10.2. The van der Waals surface area contributed by atoms with E-state index >= 15 is 0 Å². The van der Waals surface area contributed by atoms with Crippen LogP contribution in [0.15, 0.2) is 53.4 Å². The van der Waals surface area contributed by atoms with E-state index in [2.05, 4.69) is 16.2 Å². The lowest BCUT2D eigenvalue weighted by Gasteiger charge is -2.13. The molecule has 28 heavy (non-hydrogen) atoms. The molecule has 148 valence electrons. The van der Waals surface area contributed by atoms with Crippen LogP contribution < -0.4 is 20.9 Å². The lowest BCUT2D eigenvalue weighted by Crippen LogP contribution is -2.44. The Morgan fingerprint density at radius 3 is 2.21 bits per heavy atom. The molecule has 0 aliphatic carbocycles. The molecule has 0 saturated carbocycles. The zero-order chi connectivity index (χ0) is 20.5. The molecule has 0 heterocycles. The van der Waals surface area contributed by atoms with Gasteiger partial charge in [-0.25, -0.2) is 0 Å². The zero-order valence-corrected chi connectivity index (χ0v) is 16.8. The molecule has 7 nitrogen and oxygen atoms in total. The molecule has 2 aromatic carbocycles. The first-order valence-electron chi connectivity index (χ1n) is 8.76. The van der Waals surface area contributed by atoms with E-state index in [0.29, 0.717) is 23.6 Å². The number of rotatable bonds is 7. The maximum atomic E-state index is 12.2. The van der Waals surface area contributed by atoms with Crippen LogP contribution in [-0.4, -0.2) is 29.6 Å². The van der Waals surface area contributed by atoms with E-state index in [4.69, 9.17) is 4.74 Å². The number of carbonyl (C=O) groups is 3. The zero-order valence-electron chi connectivity index (χ0n) is 15.9. The quantitative estimate of drug-likeness (QED) is 0.490. The predicted octanol–water partition coefficient (Wildman–Crippen LogP) is 2.99. The Balaban J connectivity index is 1.83. The smallest absolute Gasteiger partial charge is 0.269 e. The number of thioether (sulfide) groups is 1. The number of nitrogens with one attached hydrogen (secondary N) is 3. The lowest BCUT2D eigenvalue weighted by molar-refractivity contribution is -0.121. The molecule has 2 aromatic rings. The number of hydrazine groups is 1. The van der Waals surface area contributed by atoms with Gasteiger partial charge in [0.15, 0.2) is 0 Å². The Labute approximate surface area is 168 Å². The molecular weight excluding hydrogens is 378 g/mol. The Hall–Kier alpha value is -3.00. The minimum atomic E-state index is -0.424. The fourth-order valence-electron chi connectivity index (χ4n) is 2.24. The standard InChI is InChI=1S/C20H23N3O4S/c1-4-27-17-9-5-15(6-10-17)20(26)23-22-19(25)13(2)28-18-11-7-16(8-12-18)21-14(3)24/h5-13H,4H2,1-3H3,(H,21,24)(H,22,25)(H,23,26). The van der Waals surface area contributed by atoms with Crippen LogP contribution in [-0.2, 0) is 9.59 Å². The summed E-state index contributed by atoms with van der Waals surface area (Å²) >= 11 is 1.34. The van der Waals surface area contributed by atoms with E-state index in [-0.39, 0.29) is 11.8 Å². The van der Waals surface area contributed by atoms with Crippen molar-refractivity contribution in [3.05, 3.63) is 54.1 Å². The minimum absolute atomic E-state index is 0.142. The second-order valence-electron chi connectivity index (χ2n) is 5.87. The highest BCUT2D eigenvalue weighted by Crippen LogP contribution is 2.24. The summed E-state index contributed by atoms with van der Waals surface area (Å²) < 4.78 is 5.33. The molecule has 0 aromatic heterocycles. The van der Waals surface area contributed by atoms with Gasteiger partial charge in [0.05, 0.1) is 11.9 Å². The second kappa shape index (κ2) is 10.4. The minimum Gasteiger partial charge on any atom is -0.494 e. The van der Waals surface area contributed by atoms with Gasteiger partial charge in [-0.05, 0) is 62.4 Å². The van der Waals surface area contributed by atoms with Crippen molar-refractivity contribution in [2.45, 2.75) is 30.9 Å². The van der Waals surface area contributed by atoms with Gasteiger partial charge in [0, 0.05) is 23.1 Å². The average Bonchev–Trinajstić information content (AvgIpc) is 2.67. The van der Waals surface area contributed by atoms with Gasteiger partial charge >= 0.3 is 0 Å². The van der Waals surface area contributed by atoms with E-state index in [1.807, 2.05) is 19.1 Å². The Bertz CT molecular complexity index is 822. The number of carbonyl (C=O) groups excluding carboxylic acids is 3. The van der Waals surface area contributed by atoms with Gasteiger partial charge in [-0.3, -0.25) is 25.2 Å². The third-order valence-corrected chi connectivity index (χ3v) is 4.70. The van der Waals surface area contributed by atoms with Crippen molar-refractivity contribution in [3.63, 3.8) is 0 Å². The van der Waals surface area contributed by atoms with Crippen LogP contribution in [0, 0.1) is 0 Å². The highest BCUT2D eigenvalue weighted by Gasteiger charge is 2.15. The van der Waals surface area contributed by atoms with Crippen molar-refractivity contribution in [2.75, 3.05) is 11.9 Å². The van der Waals surface area contributed by atoms with Crippen LogP contribution in [0.1, 0.15) is 31.1 Å². The van der Waals surface area contributed by atoms with Crippen molar-refractivity contribution in [1.29, 1.82) is 0 Å². The summed E-state index contributed by atoms with van der Waals surface area (Å²) in [5.41, 5.74) is 5.94. The second-order valence-corrected chi connectivity index (χ2v) is 7.28. The normalized spacial score (nSPS) is 11.2. The molecule has 0 radical (unpaired) electrons. The molecule has 8 heteroatoms. The monoisotopic (exact) mass is 401 g/mol. The van der Waals surface area contributed by atoms with Crippen LogP contribution in [0.5, 0.6) is 5.75 Å². The predicted molar refractivity (Wildman–Crippen MR) is 109 cm³/mol. The van der Waals surface area contributed by atoms with Crippen molar-refractivity contribution in [1.82, 2.24) is 10.9 Å². The molecule has 1 unspecified atom stereocenters. The number of anilines is 1. The topological polar surface area (TPSA) is 96.5 Å². The summed E-state index contributed by atoms with van der Waals surface area (Å²) in [6.45, 7) is 5.61. The van der Waals surface area contributed by atoms with Crippen molar-refractivity contribution in [3.8, 4) is 5.75 Å². The molecular formula is C20H23N3O4S. The van der Waals surface area contributed by atoms with Gasteiger partial charge in [0.25, 0.3) is 11.8 Å². The SMILES string of the molecule is CCOc1ccc(C(=O)NNC(=O)C(C)Sc2ccc(NC(C)=O)cc2)cc1. The van der Waals surface area contributed by atoms with Crippen molar-refractivity contribution in [2.24, 2.45) is 0 Å². The van der Waals surface area contributed by atoms with Crippen LogP contribution in [0.25, 0.3) is 0 Å². The first-order valence-corrected chi connectivity index (χ1v) is 9.64. The Morgan fingerprint density at radius 2 is 1.64 bits per heavy atom. The van der Waals surface area contributed by atoms with Gasteiger partial charge in [-0.1, -0.05) is 0 Å². The first-order chi connectivity index (χ1) is 13.4. The molecule has 0 aliphatic rings. The summed E-state index contributed by atoms with van der Waals surface area (Å²) in [4.78, 5) is 36.2. The van der Waals surface area contributed by atoms with Gasteiger partial charge in [-0.2, -0.15) is 0 Å². The van der Waals surface area contributed by atoms with Gasteiger partial charge in [0.2, 0.25) is 5.91 Å². The van der Waals surface area contributed by atoms with Crippen LogP contribution >= 0.6 is 11.8 Å². The molecule has 0 fully saturated rings. The van der Waals surface area contributed by atoms with E-state index in [0.717, 1.165) is 4.90 Å². The molecule has 3 amide bonds. The number of hydrogen-bond acceptors (Lipinski definition) is 5. The number of benzene rings is 2.